The van der Waals surface area contributed by atoms with E-state index in [0.29, 0.717) is 5.56 Å². The Labute approximate surface area is 90.9 Å². The van der Waals surface area contributed by atoms with Crippen LogP contribution in [0.5, 0.6) is 0 Å². The zero-order chi connectivity index (χ0) is 11.6. The minimum atomic E-state index is -0.853. The molecule has 0 bridgehead atoms. The molecule has 0 saturated heterocycles. The highest BCUT2D eigenvalue weighted by Crippen LogP contribution is 2.22. The Kier molecular flexibility index (Phi) is 3.18. The molecule has 0 heterocycles. The van der Waals surface area contributed by atoms with Crippen molar-refractivity contribution in [2.75, 3.05) is 0 Å². The van der Waals surface area contributed by atoms with Crippen LogP contribution in [0.1, 0.15) is 42.3 Å². The molecule has 15 heavy (non-hydrogen) atoms. The number of hydrogen-bond donors (Lipinski definition) is 1. The molecule has 0 saturated carbocycles. The van der Waals surface area contributed by atoms with E-state index in [1.165, 1.54) is 0 Å². The highest BCUT2D eigenvalue weighted by molar-refractivity contribution is 5.88. The van der Waals surface area contributed by atoms with Crippen molar-refractivity contribution in [2.45, 2.75) is 34.1 Å². The Morgan fingerprint density at radius 1 is 1.27 bits per heavy atom. The second-order valence-electron chi connectivity index (χ2n) is 5.25. The van der Waals surface area contributed by atoms with Gasteiger partial charge in [0.2, 0.25) is 0 Å². The second kappa shape index (κ2) is 4.05. The quantitative estimate of drug-likeness (QED) is 0.806. The SMILES string of the molecule is Cc1cc(CC(C)(C)C)cc(C(=O)O)c1. The van der Waals surface area contributed by atoms with Crippen LogP contribution in [0.25, 0.3) is 0 Å². The number of rotatable bonds is 2. The van der Waals surface area contributed by atoms with Gasteiger partial charge in [0.1, 0.15) is 0 Å². The highest BCUT2D eigenvalue weighted by atomic mass is 16.4. The van der Waals surface area contributed by atoms with Crippen molar-refractivity contribution in [1.82, 2.24) is 0 Å². The molecule has 1 N–H and O–H groups in total. The molecule has 0 spiro atoms. The van der Waals surface area contributed by atoms with Gasteiger partial charge in [-0.3, -0.25) is 0 Å². The fraction of sp³-hybridized carbons (Fsp3) is 0.462. The van der Waals surface area contributed by atoms with E-state index in [1.54, 1.807) is 12.1 Å². The van der Waals surface area contributed by atoms with Gasteiger partial charge in [0, 0.05) is 0 Å². The fourth-order valence-electron chi connectivity index (χ4n) is 1.70. The zero-order valence-corrected chi connectivity index (χ0v) is 9.79. The van der Waals surface area contributed by atoms with E-state index in [4.69, 9.17) is 5.11 Å². The van der Waals surface area contributed by atoms with E-state index in [9.17, 15) is 4.79 Å². The van der Waals surface area contributed by atoms with Gasteiger partial charge in [-0.2, -0.15) is 0 Å². The molecule has 82 valence electrons. The van der Waals surface area contributed by atoms with Gasteiger partial charge in [0.05, 0.1) is 5.56 Å². The molecule has 1 aromatic carbocycles. The number of carbonyl (C=O) groups is 1. The van der Waals surface area contributed by atoms with Crippen LogP contribution in [0.4, 0.5) is 0 Å². The van der Waals surface area contributed by atoms with Gasteiger partial charge in [-0.25, -0.2) is 4.79 Å². The molecule has 0 aliphatic heterocycles. The van der Waals surface area contributed by atoms with E-state index in [1.807, 2.05) is 6.92 Å². The summed E-state index contributed by atoms with van der Waals surface area (Å²) in [5, 5.41) is 8.93. The van der Waals surface area contributed by atoms with Crippen LogP contribution >= 0.6 is 0 Å². The van der Waals surface area contributed by atoms with Crippen LogP contribution in [0.15, 0.2) is 18.2 Å². The smallest absolute Gasteiger partial charge is 0.335 e. The summed E-state index contributed by atoms with van der Waals surface area (Å²) in [4.78, 5) is 10.9. The molecule has 0 fully saturated rings. The van der Waals surface area contributed by atoms with Gasteiger partial charge in [-0.15, -0.1) is 0 Å². The third-order valence-corrected chi connectivity index (χ3v) is 2.12. The van der Waals surface area contributed by atoms with Gasteiger partial charge in [0.15, 0.2) is 0 Å². The average molecular weight is 206 g/mol. The van der Waals surface area contributed by atoms with E-state index < -0.39 is 5.97 Å². The molecule has 1 aromatic rings. The lowest BCUT2D eigenvalue weighted by Crippen LogP contribution is -2.10. The van der Waals surface area contributed by atoms with Crippen LogP contribution in [0, 0.1) is 12.3 Å². The van der Waals surface area contributed by atoms with Crippen molar-refractivity contribution in [3.05, 3.63) is 34.9 Å². The summed E-state index contributed by atoms with van der Waals surface area (Å²) in [6, 6.07) is 5.52. The molecule has 0 aliphatic rings. The monoisotopic (exact) mass is 206 g/mol. The molecule has 0 aromatic heterocycles. The molecule has 2 nitrogen and oxygen atoms in total. The van der Waals surface area contributed by atoms with Crippen molar-refractivity contribution in [1.29, 1.82) is 0 Å². The molecule has 0 unspecified atom stereocenters. The van der Waals surface area contributed by atoms with Crippen LogP contribution in [0.2, 0.25) is 0 Å². The molecule has 0 aliphatic carbocycles. The van der Waals surface area contributed by atoms with Crippen LogP contribution in [-0.4, -0.2) is 11.1 Å². The fourth-order valence-corrected chi connectivity index (χ4v) is 1.70. The third-order valence-electron chi connectivity index (χ3n) is 2.12. The lowest BCUT2D eigenvalue weighted by molar-refractivity contribution is 0.0696. The first-order valence-electron chi connectivity index (χ1n) is 5.12. The molecule has 2 heteroatoms. The predicted molar refractivity (Wildman–Crippen MR) is 61.3 cm³/mol. The van der Waals surface area contributed by atoms with Crippen molar-refractivity contribution in [2.24, 2.45) is 5.41 Å². The first kappa shape index (κ1) is 11.8. The number of carboxylic acid groups (broad SMARTS) is 1. The summed E-state index contributed by atoms with van der Waals surface area (Å²) >= 11 is 0. The van der Waals surface area contributed by atoms with Gasteiger partial charge < -0.3 is 5.11 Å². The van der Waals surface area contributed by atoms with Crippen molar-refractivity contribution >= 4 is 5.97 Å². The first-order chi connectivity index (χ1) is 6.78. The van der Waals surface area contributed by atoms with Gasteiger partial charge >= 0.3 is 5.97 Å². The number of aryl methyl sites for hydroxylation is 1. The van der Waals surface area contributed by atoms with Crippen molar-refractivity contribution in [3.8, 4) is 0 Å². The number of benzene rings is 1. The maximum atomic E-state index is 10.9. The minimum Gasteiger partial charge on any atom is -0.478 e. The van der Waals surface area contributed by atoms with Crippen LogP contribution < -0.4 is 0 Å². The van der Waals surface area contributed by atoms with Gasteiger partial charge in [-0.05, 0) is 36.5 Å². The summed E-state index contributed by atoms with van der Waals surface area (Å²) in [6.07, 6.45) is 0.898. The summed E-state index contributed by atoms with van der Waals surface area (Å²) in [5.41, 5.74) is 2.67. The Balaban J connectivity index is 3.04. The Hall–Kier alpha value is -1.31. The summed E-state index contributed by atoms with van der Waals surface area (Å²) < 4.78 is 0. The Morgan fingerprint density at radius 3 is 2.33 bits per heavy atom. The topological polar surface area (TPSA) is 37.3 Å². The molecule has 0 atom stereocenters. The van der Waals surface area contributed by atoms with Crippen molar-refractivity contribution < 1.29 is 9.90 Å². The lowest BCUT2D eigenvalue weighted by atomic mass is 9.87. The molecule has 0 radical (unpaired) electrons. The first-order valence-corrected chi connectivity index (χ1v) is 5.12. The van der Waals surface area contributed by atoms with Crippen LogP contribution in [0.3, 0.4) is 0 Å². The van der Waals surface area contributed by atoms with E-state index in [0.717, 1.165) is 17.5 Å². The van der Waals surface area contributed by atoms with Crippen LogP contribution in [-0.2, 0) is 6.42 Å². The summed E-state index contributed by atoms with van der Waals surface area (Å²) in [5.74, 6) is -0.853. The summed E-state index contributed by atoms with van der Waals surface area (Å²) in [6.45, 7) is 8.37. The van der Waals surface area contributed by atoms with E-state index >= 15 is 0 Å². The second-order valence-corrected chi connectivity index (χ2v) is 5.25. The summed E-state index contributed by atoms with van der Waals surface area (Å²) in [7, 11) is 0. The highest BCUT2D eigenvalue weighted by Gasteiger charge is 2.13. The average Bonchev–Trinajstić information content (AvgIpc) is 1.99. The normalized spacial score (nSPS) is 11.5. The lowest BCUT2D eigenvalue weighted by Gasteiger charge is -2.18. The minimum absolute atomic E-state index is 0.184. The maximum absolute atomic E-state index is 10.9. The number of carboxylic acids is 1. The van der Waals surface area contributed by atoms with Gasteiger partial charge in [-0.1, -0.05) is 32.4 Å². The van der Waals surface area contributed by atoms with Crippen molar-refractivity contribution in [3.63, 3.8) is 0 Å². The van der Waals surface area contributed by atoms with Gasteiger partial charge in [0.25, 0.3) is 0 Å². The molecular weight excluding hydrogens is 188 g/mol. The molecular formula is C13H18O2. The van der Waals surface area contributed by atoms with E-state index in [2.05, 4.69) is 26.8 Å². The largest absolute Gasteiger partial charge is 0.478 e. The van der Waals surface area contributed by atoms with E-state index in [-0.39, 0.29) is 5.41 Å². The molecule has 0 amide bonds. The number of hydrogen-bond acceptors (Lipinski definition) is 1. The zero-order valence-electron chi connectivity index (χ0n) is 9.79. The maximum Gasteiger partial charge on any atom is 0.335 e. The Bertz CT molecular complexity index is 373. The Morgan fingerprint density at radius 2 is 1.87 bits per heavy atom. The third kappa shape index (κ3) is 3.74. The molecule has 1 rings (SSSR count). The predicted octanol–water partition coefficient (Wildman–Crippen LogP) is 3.28. The number of aromatic carboxylic acids is 1. The standard InChI is InChI=1S/C13H18O2/c1-9-5-10(8-13(2,3)4)7-11(6-9)12(14)15/h5-7H,8H2,1-4H3,(H,14,15).